The Hall–Kier alpha value is -2.62. The Balaban J connectivity index is 2.09. The average Bonchev–Trinajstić information content (AvgIpc) is 2.60. The van der Waals surface area contributed by atoms with Crippen molar-refractivity contribution in [1.29, 1.82) is 0 Å². The lowest BCUT2D eigenvalue weighted by Gasteiger charge is -2.18. The summed E-state index contributed by atoms with van der Waals surface area (Å²) in [6.45, 7) is 2.29. The molecule has 0 aliphatic heterocycles. The second kappa shape index (κ2) is 8.73. The Kier molecular flexibility index (Phi) is 6.36. The zero-order valence-electron chi connectivity index (χ0n) is 13.2. The summed E-state index contributed by atoms with van der Waals surface area (Å²) in [5, 5.41) is 2.78. The van der Waals surface area contributed by atoms with E-state index in [-0.39, 0.29) is 5.91 Å². The molecule has 0 aliphatic carbocycles. The largest absolute Gasteiger partial charge is 0.464 e. The van der Waals surface area contributed by atoms with Crippen molar-refractivity contribution in [2.45, 2.75) is 25.8 Å². The van der Waals surface area contributed by atoms with Gasteiger partial charge in [0.25, 0.3) is 5.91 Å². The minimum Gasteiger partial charge on any atom is -0.464 e. The van der Waals surface area contributed by atoms with Gasteiger partial charge in [0.05, 0.1) is 6.61 Å². The quantitative estimate of drug-likeness (QED) is 0.800. The molecule has 0 spiro atoms. The average molecular weight is 311 g/mol. The molecule has 0 saturated heterocycles. The van der Waals surface area contributed by atoms with E-state index in [4.69, 9.17) is 4.74 Å². The van der Waals surface area contributed by atoms with Crippen LogP contribution >= 0.6 is 0 Å². The van der Waals surface area contributed by atoms with E-state index in [2.05, 4.69) is 5.32 Å². The summed E-state index contributed by atoms with van der Waals surface area (Å²) >= 11 is 0. The van der Waals surface area contributed by atoms with Crippen LogP contribution in [0.25, 0.3) is 0 Å². The molecule has 2 aromatic rings. The van der Waals surface area contributed by atoms with Crippen LogP contribution in [-0.2, 0) is 16.0 Å². The molecular weight excluding hydrogens is 290 g/mol. The fourth-order valence-electron chi connectivity index (χ4n) is 2.18. The lowest BCUT2D eigenvalue weighted by Crippen LogP contribution is -2.43. The molecular formula is C19H21NO3. The zero-order chi connectivity index (χ0) is 16.5. The summed E-state index contributed by atoms with van der Waals surface area (Å²) in [7, 11) is 0. The number of hydrogen-bond acceptors (Lipinski definition) is 3. The maximum atomic E-state index is 12.3. The topological polar surface area (TPSA) is 55.4 Å². The smallest absolute Gasteiger partial charge is 0.328 e. The van der Waals surface area contributed by atoms with Crippen LogP contribution in [0.15, 0.2) is 60.7 Å². The van der Waals surface area contributed by atoms with Crippen LogP contribution in [0.4, 0.5) is 0 Å². The van der Waals surface area contributed by atoms with Crippen LogP contribution in [0.2, 0.25) is 0 Å². The van der Waals surface area contributed by atoms with E-state index in [1.807, 2.05) is 43.3 Å². The third-order valence-corrected chi connectivity index (χ3v) is 3.36. The van der Waals surface area contributed by atoms with Gasteiger partial charge in [0.1, 0.15) is 6.04 Å². The number of carbonyl (C=O) groups is 2. The Morgan fingerprint density at radius 3 is 2.22 bits per heavy atom. The first-order chi connectivity index (χ1) is 11.2. The molecule has 1 N–H and O–H groups in total. The van der Waals surface area contributed by atoms with E-state index in [9.17, 15) is 9.59 Å². The van der Waals surface area contributed by atoms with E-state index >= 15 is 0 Å². The lowest BCUT2D eigenvalue weighted by molar-refractivity contribution is -0.145. The summed E-state index contributed by atoms with van der Waals surface area (Å²) in [5.41, 5.74) is 1.49. The van der Waals surface area contributed by atoms with Crippen LogP contribution in [-0.4, -0.2) is 24.5 Å². The minimum atomic E-state index is -0.698. The highest BCUT2D eigenvalue weighted by molar-refractivity contribution is 5.96. The highest BCUT2D eigenvalue weighted by atomic mass is 16.5. The molecule has 0 aliphatic rings. The Bertz CT molecular complexity index is 626. The minimum absolute atomic E-state index is 0.278. The zero-order valence-corrected chi connectivity index (χ0v) is 13.2. The molecule has 23 heavy (non-hydrogen) atoms. The molecule has 4 nitrogen and oxygen atoms in total. The van der Waals surface area contributed by atoms with Gasteiger partial charge < -0.3 is 10.1 Å². The van der Waals surface area contributed by atoms with Gasteiger partial charge in [0.2, 0.25) is 0 Å². The third-order valence-electron chi connectivity index (χ3n) is 3.36. The number of benzene rings is 2. The van der Waals surface area contributed by atoms with Gasteiger partial charge in [0, 0.05) is 12.0 Å². The normalized spacial score (nSPS) is 11.5. The predicted molar refractivity (Wildman–Crippen MR) is 89.1 cm³/mol. The first-order valence-corrected chi connectivity index (χ1v) is 7.77. The van der Waals surface area contributed by atoms with Crippen LogP contribution in [0.3, 0.4) is 0 Å². The van der Waals surface area contributed by atoms with Gasteiger partial charge in [-0.1, -0.05) is 55.5 Å². The summed E-state index contributed by atoms with van der Waals surface area (Å²) in [4.78, 5) is 24.5. The molecule has 0 unspecified atom stereocenters. The van der Waals surface area contributed by atoms with Crippen LogP contribution < -0.4 is 5.32 Å². The van der Waals surface area contributed by atoms with Gasteiger partial charge in [-0.05, 0) is 24.1 Å². The summed E-state index contributed by atoms with van der Waals surface area (Å²) in [6, 6.07) is 17.7. The molecule has 1 amide bonds. The fraction of sp³-hybridized carbons (Fsp3) is 0.263. The molecule has 0 bridgehead atoms. The Morgan fingerprint density at radius 1 is 1.00 bits per heavy atom. The second-order valence-corrected chi connectivity index (χ2v) is 5.25. The van der Waals surface area contributed by atoms with Gasteiger partial charge in [-0.15, -0.1) is 0 Å². The predicted octanol–water partition coefficient (Wildman–Crippen LogP) is 2.98. The molecule has 0 aromatic heterocycles. The van der Waals surface area contributed by atoms with E-state index < -0.39 is 12.0 Å². The summed E-state index contributed by atoms with van der Waals surface area (Å²) in [6.07, 6.45) is 1.15. The molecule has 0 fully saturated rings. The van der Waals surface area contributed by atoms with Crippen molar-refractivity contribution in [2.75, 3.05) is 6.61 Å². The van der Waals surface area contributed by atoms with Crippen molar-refractivity contribution in [3.8, 4) is 0 Å². The van der Waals surface area contributed by atoms with E-state index in [1.165, 1.54) is 0 Å². The second-order valence-electron chi connectivity index (χ2n) is 5.25. The monoisotopic (exact) mass is 311 g/mol. The standard InChI is InChI=1S/C19H21NO3/c1-2-13-23-19(22)17(14-15-9-5-3-6-10-15)20-18(21)16-11-7-4-8-12-16/h3-12,17H,2,13-14H2,1H3,(H,20,21)/t17-/m0/s1. The maximum absolute atomic E-state index is 12.3. The van der Waals surface area contributed by atoms with E-state index in [0.717, 1.165) is 12.0 Å². The van der Waals surface area contributed by atoms with E-state index in [0.29, 0.717) is 18.6 Å². The van der Waals surface area contributed by atoms with Crippen LogP contribution in [0, 0.1) is 0 Å². The first-order valence-electron chi connectivity index (χ1n) is 7.77. The number of esters is 1. The molecule has 120 valence electrons. The van der Waals surface area contributed by atoms with Crippen molar-refractivity contribution >= 4 is 11.9 Å². The molecule has 0 saturated carbocycles. The van der Waals surface area contributed by atoms with Gasteiger partial charge >= 0.3 is 5.97 Å². The van der Waals surface area contributed by atoms with Gasteiger partial charge in [-0.3, -0.25) is 4.79 Å². The number of hydrogen-bond donors (Lipinski definition) is 1. The highest BCUT2D eigenvalue weighted by Crippen LogP contribution is 2.07. The van der Waals surface area contributed by atoms with Crippen molar-refractivity contribution in [3.63, 3.8) is 0 Å². The van der Waals surface area contributed by atoms with Crippen molar-refractivity contribution in [2.24, 2.45) is 0 Å². The van der Waals surface area contributed by atoms with Crippen LogP contribution in [0.1, 0.15) is 29.3 Å². The number of nitrogens with one attached hydrogen (secondary N) is 1. The van der Waals surface area contributed by atoms with Gasteiger partial charge in [0.15, 0.2) is 0 Å². The van der Waals surface area contributed by atoms with Gasteiger partial charge in [-0.25, -0.2) is 4.79 Å². The highest BCUT2D eigenvalue weighted by Gasteiger charge is 2.23. The summed E-state index contributed by atoms with van der Waals surface area (Å²) in [5.74, 6) is -0.681. The van der Waals surface area contributed by atoms with Crippen LogP contribution in [0.5, 0.6) is 0 Å². The first kappa shape index (κ1) is 16.7. The number of rotatable bonds is 7. The molecule has 2 rings (SSSR count). The molecule has 2 aromatic carbocycles. The Labute approximate surface area is 136 Å². The third kappa shape index (κ3) is 5.25. The van der Waals surface area contributed by atoms with E-state index in [1.54, 1.807) is 24.3 Å². The molecule has 0 radical (unpaired) electrons. The van der Waals surface area contributed by atoms with Crippen molar-refractivity contribution in [1.82, 2.24) is 5.32 Å². The number of carbonyl (C=O) groups excluding carboxylic acids is 2. The number of ether oxygens (including phenoxy) is 1. The summed E-state index contributed by atoms with van der Waals surface area (Å²) < 4.78 is 5.21. The fourth-order valence-corrected chi connectivity index (χ4v) is 2.18. The van der Waals surface area contributed by atoms with Crippen molar-refractivity contribution < 1.29 is 14.3 Å². The number of amides is 1. The molecule has 4 heteroatoms. The van der Waals surface area contributed by atoms with Gasteiger partial charge in [-0.2, -0.15) is 0 Å². The molecule has 0 heterocycles. The SMILES string of the molecule is CCCOC(=O)[C@H](Cc1ccccc1)NC(=O)c1ccccc1. The van der Waals surface area contributed by atoms with Crippen molar-refractivity contribution in [3.05, 3.63) is 71.8 Å². The Morgan fingerprint density at radius 2 is 1.61 bits per heavy atom. The molecule has 1 atom stereocenters. The maximum Gasteiger partial charge on any atom is 0.328 e. The lowest BCUT2D eigenvalue weighted by atomic mass is 10.1.